The lowest BCUT2D eigenvalue weighted by Crippen LogP contribution is -2.35. The number of rotatable bonds is 16. The number of nitrogens with one attached hydrogen (secondary N) is 1. The van der Waals surface area contributed by atoms with Crippen molar-refractivity contribution in [1.29, 1.82) is 0 Å². The number of aliphatic carboxylic acids is 1. The Kier molecular flexibility index (Phi) is 14.7. The second-order valence-electron chi connectivity index (χ2n) is 6.42. The lowest BCUT2D eigenvalue weighted by atomic mass is 10.1. The van der Waals surface area contributed by atoms with Crippen molar-refractivity contribution in [3.63, 3.8) is 0 Å². The molecule has 0 spiro atoms. The minimum absolute atomic E-state index is 0.0171. The maximum absolute atomic E-state index is 11.5. The predicted octanol–water partition coefficient (Wildman–Crippen LogP) is 2.61. The van der Waals surface area contributed by atoms with Crippen LogP contribution in [0.25, 0.3) is 0 Å². The Bertz CT molecular complexity index is 335. The quantitative estimate of drug-likeness (QED) is 0.322. The topological polar surface area (TPSA) is 107 Å². The molecule has 2 atom stereocenters. The second-order valence-corrected chi connectivity index (χ2v) is 6.42. The molecule has 2 unspecified atom stereocenters. The van der Waals surface area contributed by atoms with Crippen molar-refractivity contribution >= 4 is 11.9 Å². The van der Waals surface area contributed by atoms with Gasteiger partial charge in [0.05, 0.1) is 6.10 Å². The standard InChI is InChI=1S/C18H35NO5/c1-2-3-4-5-6-7-8-9-10-11-14-19-16(21)13-12-15(20)17(22)18(23)24/h15,17,20,22H,2-14H2,1H3,(H,19,21)(H,23,24). The number of aliphatic hydroxyl groups is 2. The van der Waals surface area contributed by atoms with Crippen LogP contribution in [0.2, 0.25) is 0 Å². The molecule has 4 N–H and O–H groups in total. The van der Waals surface area contributed by atoms with Gasteiger partial charge < -0.3 is 20.6 Å². The van der Waals surface area contributed by atoms with Crippen LogP contribution in [0.4, 0.5) is 0 Å². The summed E-state index contributed by atoms with van der Waals surface area (Å²) in [4.78, 5) is 22.0. The third-order valence-electron chi connectivity index (χ3n) is 4.14. The van der Waals surface area contributed by atoms with Crippen molar-refractivity contribution in [3.8, 4) is 0 Å². The van der Waals surface area contributed by atoms with Crippen molar-refractivity contribution < 1.29 is 24.9 Å². The number of carboxylic acids is 1. The highest BCUT2D eigenvalue weighted by atomic mass is 16.4. The van der Waals surface area contributed by atoms with E-state index in [0.29, 0.717) is 6.54 Å². The Balaban J connectivity index is 3.39. The Morgan fingerprint density at radius 3 is 1.88 bits per heavy atom. The van der Waals surface area contributed by atoms with E-state index in [-0.39, 0.29) is 18.7 Å². The van der Waals surface area contributed by atoms with E-state index in [1.807, 2.05) is 0 Å². The summed E-state index contributed by atoms with van der Waals surface area (Å²) < 4.78 is 0. The summed E-state index contributed by atoms with van der Waals surface area (Å²) in [5.41, 5.74) is 0. The molecule has 0 rings (SSSR count). The van der Waals surface area contributed by atoms with Crippen molar-refractivity contribution in [2.24, 2.45) is 0 Å². The first-order chi connectivity index (χ1) is 11.5. The zero-order valence-corrected chi connectivity index (χ0v) is 15.0. The lowest BCUT2D eigenvalue weighted by molar-refractivity contribution is -0.153. The van der Waals surface area contributed by atoms with Crippen LogP contribution < -0.4 is 5.32 Å². The molecule has 0 aliphatic rings. The Morgan fingerprint density at radius 2 is 1.38 bits per heavy atom. The number of hydrogen-bond donors (Lipinski definition) is 4. The number of carboxylic acid groups (broad SMARTS) is 1. The maximum atomic E-state index is 11.5. The van der Waals surface area contributed by atoms with Gasteiger partial charge in [0, 0.05) is 13.0 Å². The number of carbonyl (C=O) groups excluding carboxylic acids is 1. The average molecular weight is 345 g/mol. The van der Waals surface area contributed by atoms with Crippen molar-refractivity contribution in [1.82, 2.24) is 5.32 Å². The van der Waals surface area contributed by atoms with E-state index >= 15 is 0 Å². The Morgan fingerprint density at radius 1 is 0.875 bits per heavy atom. The van der Waals surface area contributed by atoms with E-state index in [2.05, 4.69) is 12.2 Å². The first-order valence-electron chi connectivity index (χ1n) is 9.34. The average Bonchev–Trinajstić information content (AvgIpc) is 2.56. The van der Waals surface area contributed by atoms with Crippen LogP contribution in [0, 0.1) is 0 Å². The van der Waals surface area contributed by atoms with Gasteiger partial charge in [0.15, 0.2) is 6.10 Å². The van der Waals surface area contributed by atoms with Crippen LogP contribution in [0.3, 0.4) is 0 Å². The summed E-state index contributed by atoms with van der Waals surface area (Å²) in [6, 6.07) is 0. The van der Waals surface area contributed by atoms with Gasteiger partial charge >= 0.3 is 5.97 Å². The van der Waals surface area contributed by atoms with Crippen LogP contribution in [0.1, 0.15) is 84.0 Å². The molecule has 6 heteroatoms. The van der Waals surface area contributed by atoms with E-state index in [4.69, 9.17) is 10.2 Å². The lowest BCUT2D eigenvalue weighted by Gasteiger charge is -2.13. The second kappa shape index (κ2) is 15.4. The minimum Gasteiger partial charge on any atom is -0.479 e. The summed E-state index contributed by atoms with van der Waals surface area (Å²) in [6.45, 7) is 2.83. The predicted molar refractivity (Wildman–Crippen MR) is 93.7 cm³/mol. The summed E-state index contributed by atoms with van der Waals surface area (Å²) in [7, 11) is 0. The molecular formula is C18H35NO5. The fraction of sp³-hybridized carbons (Fsp3) is 0.889. The molecule has 0 aliphatic carbocycles. The molecule has 24 heavy (non-hydrogen) atoms. The van der Waals surface area contributed by atoms with Crippen LogP contribution in [0.15, 0.2) is 0 Å². The third-order valence-corrected chi connectivity index (χ3v) is 4.14. The summed E-state index contributed by atoms with van der Waals surface area (Å²) >= 11 is 0. The highest BCUT2D eigenvalue weighted by Crippen LogP contribution is 2.10. The molecular weight excluding hydrogens is 310 g/mol. The van der Waals surface area contributed by atoms with Crippen LogP contribution in [0.5, 0.6) is 0 Å². The molecule has 0 saturated carbocycles. The van der Waals surface area contributed by atoms with Gasteiger partial charge in [0.25, 0.3) is 0 Å². The summed E-state index contributed by atoms with van der Waals surface area (Å²) in [6.07, 6.45) is 9.10. The number of aliphatic hydroxyl groups excluding tert-OH is 2. The molecule has 0 aromatic carbocycles. The largest absolute Gasteiger partial charge is 0.479 e. The molecule has 142 valence electrons. The highest BCUT2D eigenvalue weighted by Gasteiger charge is 2.23. The molecule has 0 fully saturated rings. The first kappa shape index (κ1) is 22.9. The van der Waals surface area contributed by atoms with Crippen molar-refractivity contribution in [2.45, 2.75) is 96.2 Å². The summed E-state index contributed by atoms with van der Waals surface area (Å²) in [5.74, 6) is -1.70. The molecule has 0 aromatic rings. The first-order valence-corrected chi connectivity index (χ1v) is 9.34. The molecule has 1 amide bonds. The van der Waals surface area contributed by atoms with E-state index < -0.39 is 18.2 Å². The Labute approximate surface area is 145 Å². The number of unbranched alkanes of at least 4 members (excludes halogenated alkanes) is 9. The van der Waals surface area contributed by atoms with E-state index in [1.165, 1.54) is 51.4 Å². The van der Waals surface area contributed by atoms with Crippen LogP contribution in [-0.2, 0) is 9.59 Å². The van der Waals surface area contributed by atoms with E-state index in [9.17, 15) is 14.7 Å². The normalized spacial score (nSPS) is 13.5. The zero-order chi connectivity index (χ0) is 18.2. The molecule has 0 heterocycles. The van der Waals surface area contributed by atoms with E-state index in [1.54, 1.807) is 0 Å². The molecule has 0 radical (unpaired) electrons. The van der Waals surface area contributed by atoms with Gasteiger partial charge in [0.1, 0.15) is 0 Å². The van der Waals surface area contributed by atoms with Gasteiger partial charge in [-0.25, -0.2) is 4.79 Å². The molecule has 6 nitrogen and oxygen atoms in total. The van der Waals surface area contributed by atoms with Gasteiger partial charge in [-0.1, -0.05) is 64.7 Å². The smallest absolute Gasteiger partial charge is 0.335 e. The maximum Gasteiger partial charge on any atom is 0.335 e. The molecule has 0 aliphatic heterocycles. The number of hydrogen-bond acceptors (Lipinski definition) is 4. The fourth-order valence-corrected chi connectivity index (χ4v) is 2.53. The number of carbonyl (C=O) groups is 2. The van der Waals surface area contributed by atoms with Gasteiger partial charge in [0.2, 0.25) is 5.91 Å². The van der Waals surface area contributed by atoms with Gasteiger partial charge in [-0.2, -0.15) is 0 Å². The van der Waals surface area contributed by atoms with Crippen molar-refractivity contribution in [2.75, 3.05) is 6.54 Å². The van der Waals surface area contributed by atoms with Gasteiger partial charge in [-0.15, -0.1) is 0 Å². The highest BCUT2D eigenvalue weighted by molar-refractivity contribution is 5.76. The third kappa shape index (κ3) is 13.3. The van der Waals surface area contributed by atoms with Crippen LogP contribution >= 0.6 is 0 Å². The fourth-order valence-electron chi connectivity index (χ4n) is 2.53. The summed E-state index contributed by atoms with van der Waals surface area (Å²) in [5, 5.41) is 29.8. The van der Waals surface area contributed by atoms with Crippen LogP contribution in [-0.4, -0.2) is 45.9 Å². The zero-order valence-electron chi connectivity index (χ0n) is 15.0. The van der Waals surface area contributed by atoms with E-state index in [0.717, 1.165) is 12.8 Å². The van der Waals surface area contributed by atoms with Gasteiger partial charge in [-0.3, -0.25) is 4.79 Å². The molecule has 0 saturated heterocycles. The van der Waals surface area contributed by atoms with Gasteiger partial charge in [-0.05, 0) is 12.8 Å². The molecule has 0 aromatic heterocycles. The SMILES string of the molecule is CCCCCCCCCCCCNC(=O)CCC(O)C(O)C(=O)O. The monoisotopic (exact) mass is 345 g/mol. The van der Waals surface area contributed by atoms with Crippen molar-refractivity contribution in [3.05, 3.63) is 0 Å². The minimum atomic E-state index is -1.83. The molecule has 0 bridgehead atoms. The number of amides is 1. The Hall–Kier alpha value is -1.14.